The minimum Gasteiger partial charge on any atom is -0.351 e. The summed E-state index contributed by atoms with van der Waals surface area (Å²) in [6, 6.07) is 16.7. The van der Waals surface area contributed by atoms with Crippen LogP contribution in [-0.2, 0) is 16.1 Å². The lowest BCUT2D eigenvalue weighted by Gasteiger charge is -2.34. The van der Waals surface area contributed by atoms with E-state index in [0.717, 1.165) is 37.2 Å². The number of para-hydroxylation sites is 1. The molecule has 28 heavy (non-hydrogen) atoms. The highest BCUT2D eigenvalue weighted by Crippen LogP contribution is 2.21. The van der Waals surface area contributed by atoms with Crippen LogP contribution in [0.3, 0.4) is 0 Å². The van der Waals surface area contributed by atoms with Crippen molar-refractivity contribution in [3.8, 4) is 0 Å². The van der Waals surface area contributed by atoms with Crippen molar-refractivity contribution in [3.63, 3.8) is 0 Å². The van der Waals surface area contributed by atoms with Gasteiger partial charge in [-0.15, -0.1) is 0 Å². The van der Waals surface area contributed by atoms with Crippen LogP contribution >= 0.6 is 11.6 Å². The molecule has 1 fully saturated rings. The second-order valence-corrected chi connectivity index (χ2v) is 7.62. The topological polar surface area (TPSA) is 61.4 Å². The molecule has 1 heterocycles. The average Bonchev–Trinajstić information content (AvgIpc) is 2.73. The number of carbonyl (C=O) groups excluding carboxylic acids is 2. The SMILES string of the molecule is C[C@@H](C(=O)NCc1ccc(Cl)cc1)N1CCC(C(=O)Nc2ccccc2)CC1. The average molecular weight is 400 g/mol. The molecule has 0 spiro atoms. The predicted octanol–water partition coefficient (Wildman–Crippen LogP) is 3.70. The van der Waals surface area contributed by atoms with Gasteiger partial charge in [0.05, 0.1) is 6.04 Å². The van der Waals surface area contributed by atoms with Gasteiger partial charge in [0, 0.05) is 23.2 Å². The number of rotatable bonds is 6. The first-order valence-corrected chi connectivity index (χ1v) is 10.0. The van der Waals surface area contributed by atoms with Crippen molar-refractivity contribution < 1.29 is 9.59 Å². The van der Waals surface area contributed by atoms with Crippen LogP contribution < -0.4 is 10.6 Å². The van der Waals surface area contributed by atoms with Gasteiger partial charge in [-0.2, -0.15) is 0 Å². The molecule has 2 aromatic carbocycles. The van der Waals surface area contributed by atoms with E-state index in [9.17, 15) is 9.59 Å². The van der Waals surface area contributed by atoms with Crippen LogP contribution in [0.1, 0.15) is 25.3 Å². The molecule has 0 saturated carbocycles. The van der Waals surface area contributed by atoms with E-state index in [0.29, 0.717) is 11.6 Å². The lowest BCUT2D eigenvalue weighted by molar-refractivity contribution is -0.127. The molecule has 0 aliphatic carbocycles. The molecule has 0 bridgehead atoms. The number of halogens is 1. The Hall–Kier alpha value is -2.37. The minimum atomic E-state index is -0.217. The molecule has 1 aliphatic rings. The van der Waals surface area contributed by atoms with E-state index < -0.39 is 0 Å². The van der Waals surface area contributed by atoms with Crippen LogP contribution in [0, 0.1) is 5.92 Å². The number of hydrogen-bond acceptors (Lipinski definition) is 3. The molecule has 2 N–H and O–H groups in total. The van der Waals surface area contributed by atoms with E-state index in [1.807, 2.05) is 61.5 Å². The zero-order valence-corrected chi connectivity index (χ0v) is 16.8. The Bertz CT molecular complexity index is 787. The maximum absolute atomic E-state index is 12.5. The molecule has 5 nitrogen and oxygen atoms in total. The van der Waals surface area contributed by atoms with Crippen LogP contribution in [0.2, 0.25) is 5.02 Å². The largest absolute Gasteiger partial charge is 0.351 e. The molecule has 1 atom stereocenters. The summed E-state index contributed by atoms with van der Waals surface area (Å²) in [6.07, 6.45) is 1.51. The molecule has 3 rings (SSSR count). The number of carbonyl (C=O) groups is 2. The number of anilines is 1. The summed E-state index contributed by atoms with van der Waals surface area (Å²) in [5.74, 6) is 0.0496. The summed E-state index contributed by atoms with van der Waals surface area (Å²) in [5, 5.41) is 6.64. The third-order valence-electron chi connectivity index (χ3n) is 5.25. The molecular formula is C22H26ClN3O2. The van der Waals surface area contributed by atoms with Crippen LogP contribution in [0.25, 0.3) is 0 Å². The Kier molecular flexibility index (Phi) is 7.06. The third kappa shape index (κ3) is 5.57. The molecule has 0 aromatic heterocycles. The number of amides is 2. The maximum Gasteiger partial charge on any atom is 0.237 e. The minimum absolute atomic E-state index is 0.00198. The second kappa shape index (κ2) is 9.71. The van der Waals surface area contributed by atoms with Gasteiger partial charge < -0.3 is 10.6 Å². The normalized spacial score (nSPS) is 16.4. The fourth-order valence-corrected chi connectivity index (χ4v) is 3.55. The van der Waals surface area contributed by atoms with E-state index in [-0.39, 0.29) is 23.8 Å². The molecule has 1 saturated heterocycles. The maximum atomic E-state index is 12.5. The third-order valence-corrected chi connectivity index (χ3v) is 5.50. The van der Waals surface area contributed by atoms with Crippen molar-refractivity contribution in [1.82, 2.24) is 10.2 Å². The van der Waals surface area contributed by atoms with Crippen molar-refractivity contribution in [1.29, 1.82) is 0 Å². The number of nitrogens with zero attached hydrogens (tertiary/aromatic N) is 1. The Labute approximate surface area is 171 Å². The van der Waals surface area contributed by atoms with E-state index >= 15 is 0 Å². The van der Waals surface area contributed by atoms with Gasteiger partial charge in [0.2, 0.25) is 11.8 Å². The van der Waals surface area contributed by atoms with Crippen LogP contribution in [-0.4, -0.2) is 35.8 Å². The molecule has 2 amide bonds. The highest BCUT2D eigenvalue weighted by molar-refractivity contribution is 6.30. The standard InChI is InChI=1S/C22H26ClN3O2/c1-16(21(27)24-15-17-7-9-19(23)10-8-17)26-13-11-18(12-14-26)22(28)25-20-5-3-2-4-6-20/h2-10,16,18H,11-15H2,1H3,(H,24,27)(H,25,28)/t16-/m0/s1. The first-order chi connectivity index (χ1) is 13.5. The van der Waals surface area contributed by atoms with Crippen LogP contribution in [0.4, 0.5) is 5.69 Å². The van der Waals surface area contributed by atoms with Gasteiger partial charge in [0.1, 0.15) is 0 Å². The molecule has 2 aromatic rings. The van der Waals surface area contributed by atoms with Gasteiger partial charge in [0.25, 0.3) is 0 Å². The quantitative estimate of drug-likeness (QED) is 0.778. The first-order valence-electron chi connectivity index (χ1n) is 9.65. The smallest absolute Gasteiger partial charge is 0.237 e. The summed E-state index contributed by atoms with van der Waals surface area (Å²) < 4.78 is 0. The van der Waals surface area contributed by atoms with E-state index in [1.165, 1.54) is 0 Å². The Morgan fingerprint density at radius 1 is 1.07 bits per heavy atom. The van der Waals surface area contributed by atoms with Crippen molar-refractivity contribution >= 4 is 29.1 Å². The van der Waals surface area contributed by atoms with Crippen molar-refractivity contribution in [3.05, 3.63) is 65.2 Å². The number of nitrogens with one attached hydrogen (secondary N) is 2. The molecule has 0 unspecified atom stereocenters. The van der Waals surface area contributed by atoms with Crippen LogP contribution in [0.5, 0.6) is 0 Å². The van der Waals surface area contributed by atoms with Gasteiger partial charge in [-0.05, 0) is 62.7 Å². The predicted molar refractivity (Wildman–Crippen MR) is 112 cm³/mol. The highest BCUT2D eigenvalue weighted by atomic mass is 35.5. The van der Waals surface area contributed by atoms with Gasteiger partial charge >= 0.3 is 0 Å². The van der Waals surface area contributed by atoms with Crippen molar-refractivity contribution in [2.45, 2.75) is 32.4 Å². The van der Waals surface area contributed by atoms with E-state index in [4.69, 9.17) is 11.6 Å². The van der Waals surface area contributed by atoms with E-state index in [2.05, 4.69) is 15.5 Å². The molecular weight excluding hydrogens is 374 g/mol. The van der Waals surface area contributed by atoms with Crippen LogP contribution in [0.15, 0.2) is 54.6 Å². The van der Waals surface area contributed by atoms with Gasteiger partial charge in [-0.1, -0.05) is 41.9 Å². The highest BCUT2D eigenvalue weighted by Gasteiger charge is 2.29. The number of piperidine rings is 1. The molecule has 1 aliphatic heterocycles. The summed E-state index contributed by atoms with van der Waals surface area (Å²) >= 11 is 5.88. The zero-order valence-electron chi connectivity index (χ0n) is 16.0. The number of benzene rings is 2. The Morgan fingerprint density at radius 2 is 1.71 bits per heavy atom. The zero-order chi connectivity index (χ0) is 19.9. The number of likely N-dealkylation sites (tertiary alicyclic amines) is 1. The van der Waals surface area contributed by atoms with Gasteiger partial charge in [-0.3, -0.25) is 14.5 Å². The summed E-state index contributed by atoms with van der Waals surface area (Å²) in [6.45, 7) is 3.88. The summed E-state index contributed by atoms with van der Waals surface area (Å²) in [4.78, 5) is 27.1. The Morgan fingerprint density at radius 3 is 2.36 bits per heavy atom. The lowest BCUT2D eigenvalue weighted by Crippen LogP contribution is -2.49. The molecule has 0 radical (unpaired) electrons. The van der Waals surface area contributed by atoms with E-state index in [1.54, 1.807) is 0 Å². The number of hydrogen-bond donors (Lipinski definition) is 2. The van der Waals surface area contributed by atoms with Crippen molar-refractivity contribution in [2.75, 3.05) is 18.4 Å². The summed E-state index contributed by atoms with van der Waals surface area (Å²) in [5.41, 5.74) is 1.84. The second-order valence-electron chi connectivity index (χ2n) is 7.19. The van der Waals surface area contributed by atoms with Crippen molar-refractivity contribution in [2.24, 2.45) is 5.92 Å². The lowest BCUT2D eigenvalue weighted by atomic mass is 9.94. The Balaban J connectivity index is 1.43. The van der Waals surface area contributed by atoms with Gasteiger partial charge in [-0.25, -0.2) is 0 Å². The monoisotopic (exact) mass is 399 g/mol. The fraction of sp³-hybridized carbons (Fsp3) is 0.364. The van der Waals surface area contributed by atoms with Gasteiger partial charge in [0.15, 0.2) is 0 Å². The first kappa shape index (κ1) is 20.4. The molecule has 148 valence electrons. The molecule has 6 heteroatoms. The fourth-order valence-electron chi connectivity index (χ4n) is 3.42. The summed E-state index contributed by atoms with van der Waals surface area (Å²) in [7, 11) is 0.